The second-order valence-corrected chi connectivity index (χ2v) is 5.39. The van der Waals surface area contributed by atoms with Crippen LogP contribution in [0, 0.1) is 10.6 Å². The summed E-state index contributed by atoms with van der Waals surface area (Å²) >= 11 is 8.45. The fourth-order valence-electron chi connectivity index (χ4n) is 1.94. The Morgan fingerprint density at radius 2 is 1.90 bits per heavy atom. The van der Waals surface area contributed by atoms with Crippen molar-refractivity contribution >= 4 is 28.1 Å². The van der Waals surface area contributed by atoms with E-state index in [1.54, 1.807) is 16.7 Å². The molecule has 0 saturated carbocycles. The molecule has 3 nitrogen and oxygen atoms in total. The lowest BCUT2D eigenvalue weighted by Crippen LogP contribution is -1.98. The maximum atomic E-state index is 13.4. The fraction of sp³-hybridized carbons (Fsp3) is 0. The summed E-state index contributed by atoms with van der Waals surface area (Å²) < 4.78 is 16.0. The molecule has 0 aliphatic rings. The van der Waals surface area contributed by atoms with Crippen LogP contribution in [0.2, 0.25) is 0 Å². The summed E-state index contributed by atoms with van der Waals surface area (Å²) in [6.45, 7) is 0. The van der Waals surface area contributed by atoms with E-state index < -0.39 is 0 Å². The Labute approximate surface area is 128 Å². The molecule has 0 radical (unpaired) electrons. The average Bonchev–Trinajstić information content (AvgIpc) is 2.85. The molecule has 1 N–H and O–H groups in total. The average molecular weight is 350 g/mol. The standard InChI is InChI=1S/C14H9BrFN3S/c15-11-8-10(6-7-12(11)16)19-13(17-18-14(19)20)9-4-2-1-3-5-9/h1-8H,(H,18,20). The van der Waals surface area contributed by atoms with Gasteiger partial charge in [0.15, 0.2) is 10.6 Å². The molecule has 3 aromatic rings. The molecule has 0 aliphatic heterocycles. The number of H-pyrrole nitrogens is 1. The highest BCUT2D eigenvalue weighted by Gasteiger charge is 2.11. The molecule has 100 valence electrons. The highest BCUT2D eigenvalue weighted by atomic mass is 79.9. The van der Waals surface area contributed by atoms with Gasteiger partial charge in [-0.3, -0.25) is 9.67 Å². The quantitative estimate of drug-likeness (QED) is 0.691. The largest absolute Gasteiger partial charge is 0.268 e. The van der Waals surface area contributed by atoms with Gasteiger partial charge in [-0.05, 0) is 46.3 Å². The third-order valence-corrected chi connectivity index (χ3v) is 3.75. The molecule has 3 rings (SSSR count). The third kappa shape index (κ3) is 2.32. The van der Waals surface area contributed by atoms with Crippen LogP contribution in [-0.2, 0) is 0 Å². The number of rotatable bonds is 2. The van der Waals surface area contributed by atoms with Crippen LogP contribution in [0.4, 0.5) is 4.39 Å². The van der Waals surface area contributed by atoms with Gasteiger partial charge < -0.3 is 0 Å². The first-order valence-electron chi connectivity index (χ1n) is 5.85. The number of nitrogens with zero attached hydrogens (tertiary/aromatic N) is 2. The van der Waals surface area contributed by atoms with Crippen LogP contribution in [0.5, 0.6) is 0 Å². The van der Waals surface area contributed by atoms with Crippen LogP contribution in [0.3, 0.4) is 0 Å². The maximum absolute atomic E-state index is 13.4. The van der Waals surface area contributed by atoms with Crippen molar-refractivity contribution in [3.05, 3.63) is 63.6 Å². The smallest absolute Gasteiger partial charge is 0.200 e. The van der Waals surface area contributed by atoms with E-state index in [0.29, 0.717) is 15.1 Å². The predicted molar refractivity (Wildman–Crippen MR) is 81.8 cm³/mol. The lowest BCUT2D eigenvalue weighted by atomic mass is 10.2. The van der Waals surface area contributed by atoms with E-state index >= 15 is 0 Å². The molecule has 20 heavy (non-hydrogen) atoms. The van der Waals surface area contributed by atoms with Gasteiger partial charge in [0.05, 0.1) is 10.2 Å². The highest BCUT2D eigenvalue weighted by molar-refractivity contribution is 9.10. The Kier molecular flexibility index (Phi) is 3.50. The minimum atomic E-state index is -0.315. The van der Waals surface area contributed by atoms with Gasteiger partial charge in [0.2, 0.25) is 0 Å². The molecule has 6 heteroatoms. The first-order valence-corrected chi connectivity index (χ1v) is 7.05. The molecule has 0 aliphatic carbocycles. The number of halogens is 2. The maximum Gasteiger partial charge on any atom is 0.200 e. The third-order valence-electron chi connectivity index (χ3n) is 2.87. The molecule has 0 fully saturated rings. The van der Waals surface area contributed by atoms with Crippen LogP contribution in [0.1, 0.15) is 0 Å². The molecule has 0 spiro atoms. The van der Waals surface area contributed by atoms with Gasteiger partial charge in [-0.25, -0.2) is 4.39 Å². The van der Waals surface area contributed by atoms with Gasteiger partial charge >= 0.3 is 0 Å². The van der Waals surface area contributed by atoms with Gasteiger partial charge in [0, 0.05) is 5.56 Å². The number of aromatic amines is 1. The first kappa shape index (κ1) is 13.2. The van der Waals surface area contributed by atoms with E-state index in [0.717, 1.165) is 11.3 Å². The number of aromatic nitrogens is 3. The number of benzene rings is 2. The summed E-state index contributed by atoms with van der Waals surface area (Å²) in [5.41, 5.74) is 1.68. The van der Waals surface area contributed by atoms with Crippen molar-refractivity contribution in [2.45, 2.75) is 0 Å². The van der Waals surface area contributed by atoms with Gasteiger partial charge in [0.1, 0.15) is 5.82 Å². The second-order valence-electron chi connectivity index (χ2n) is 4.15. The summed E-state index contributed by atoms with van der Waals surface area (Å²) in [6, 6.07) is 14.4. The first-order chi connectivity index (χ1) is 9.66. The molecule has 0 unspecified atom stereocenters. The highest BCUT2D eigenvalue weighted by Crippen LogP contribution is 2.24. The Hall–Kier alpha value is -1.79. The van der Waals surface area contributed by atoms with Crippen molar-refractivity contribution in [1.82, 2.24) is 14.8 Å². The molecule has 0 saturated heterocycles. The van der Waals surface area contributed by atoms with Crippen LogP contribution >= 0.6 is 28.1 Å². The van der Waals surface area contributed by atoms with Crippen LogP contribution < -0.4 is 0 Å². The van der Waals surface area contributed by atoms with Crippen LogP contribution in [0.25, 0.3) is 17.1 Å². The van der Waals surface area contributed by atoms with E-state index in [-0.39, 0.29) is 5.82 Å². The molecular weight excluding hydrogens is 341 g/mol. The number of hydrogen-bond donors (Lipinski definition) is 1. The van der Waals surface area contributed by atoms with E-state index in [9.17, 15) is 4.39 Å². The van der Waals surface area contributed by atoms with E-state index in [1.807, 2.05) is 30.3 Å². The second kappa shape index (κ2) is 5.30. The Morgan fingerprint density at radius 1 is 1.15 bits per heavy atom. The zero-order valence-electron chi connectivity index (χ0n) is 10.2. The normalized spacial score (nSPS) is 10.7. The molecule has 1 aromatic heterocycles. The lowest BCUT2D eigenvalue weighted by molar-refractivity contribution is 0.620. The van der Waals surface area contributed by atoms with Gasteiger partial charge in [-0.15, -0.1) is 0 Å². The lowest BCUT2D eigenvalue weighted by Gasteiger charge is -2.07. The van der Waals surface area contributed by atoms with Crippen LogP contribution in [-0.4, -0.2) is 14.8 Å². The zero-order chi connectivity index (χ0) is 14.1. The van der Waals surface area contributed by atoms with Crippen molar-refractivity contribution in [2.75, 3.05) is 0 Å². The van der Waals surface area contributed by atoms with Gasteiger partial charge in [0.25, 0.3) is 0 Å². The summed E-state index contributed by atoms with van der Waals surface area (Å²) in [4.78, 5) is 0. The monoisotopic (exact) mass is 349 g/mol. The number of hydrogen-bond acceptors (Lipinski definition) is 2. The Morgan fingerprint density at radius 3 is 2.60 bits per heavy atom. The zero-order valence-corrected chi connectivity index (χ0v) is 12.6. The Balaban J connectivity index is 2.22. The minimum Gasteiger partial charge on any atom is -0.268 e. The van der Waals surface area contributed by atoms with Crippen LogP contribution in [0.15, 0.2) is 53.0 Å². The van der Waals surface area contributed by atoms with E-state index in [1.165, 1.54) is 6.07 Å². The van der Waals surface area contributed by atoms with Crippen molar-refractivity contribution in [1.29, 1.82) is 0 Å². The topological polar surface area (TPSA) is 33.6 Å². The molecule has 2 aromatic carbocycles. The van der Waals surface area contributed by atoms with Gasteiger partial charge in [-0.2, -0.15) is 5.10 Å². The Bertz CT molecular complexity index is 811. The molecule has 0 atom stereocenters. The van der Waals surface area contributed by atoms with Crippen molar-refractivity contribution in [3.63, 3.8) is 0 Å². The van der Waals surface area contributed by atoms with Gasteiger partial charge in [-0.1, -0.05) is 30.3 Å². The van der Waals surface area contributed by atoms with Crippen molar-refractivity contribution in [3.8, 4) is 17.1 Å². The molecular formula is C14H9BrFN3S. The molecule has 0 amide bonds. The summed E-state index contributed by atoms with van der Waals surface area (Å²) in [5.74, 6) is 0.374. The summed E-state index contributed by atoms with van der Waals surface area (Å²) in [7, 11) is 0. The van der Waals surface area contributed by atoms with E-state index in [2.05, 4.69) is 26.1 Å². The molecule has 0 bridgehead atoms. The van der Waals surface area contributed by atoms with Crippen molar-refractivity contribution in [2.24, 2.45) is 0 Å². The van der Waals surface area contributed by atoms with Crippen molar-refractivity contribution < 1.29 is 4.39 Å². The fourth-order valence-corrected chi connectivity index (χ4v) is 2.55. The number of nitrogens with one attached hydrogen (secondary N) is 1. The summed E-state index contributed by atoms with van der Waals surface area (Å²) in [5, 5.41) is 7.03. The predicted octanol–water partition coefficient (Wildman–Crippen LogP) is 4.50. The van der Waals surface area contributed by atoms with E-state index in [4.69, 9.17) is 12.2 Å². The SMILES string of the molecule is Fc1ccc(-n2c(-c3ccccc3)n[nH]c2=S)cc1Br. The molecule has 1 heterocycles. The summed E-state index contributed by atoms with van der Waals surface area (Å²) in [6.07, 6.45) is 0. The minimum absolute atomic E-state index is 0.315.